The summed E-state index contributed by atoms with van der Waals surface area (Å²) < 4.78 is 0. The Bertz CT molecular complexity index is 820. The number of hydrogen-bond donors (Lipinski definition) is 1. The third kappa shape index (κ3) is 2.67. The van der Waals surface area contributed by atoms with Gasteiger partial charge in [0, 0.05) is 0 Å². The Labute approximate surface area is 199 Å². The van der Waals surface area contributed by atoms with Crippen molar-refractivity contribution < 1.29 is 5.11 Å². The van der Waals surface area contributed by atoms with Gasteiger partial charge >= 0.3 is 0 Å². The molecule has 5 aliphatic carbocycles. The van der Waals surface area contributed by atoms with Crippen LogP contribution in [0.3, 0.4) is 0 Å². The van der Waals surface area contributed by atoms with Gasteiger partial charge in [-0.15, -0.1) is 0 Å². The second-order valence-electron chi connectivity index (χ2n) is 15.6. The Hall–Kier alpha value is -0.300. The molecule has 4 saturated carbocycles. The predicted octanol–water partition coefficient (Wildman–Crippen LogP) is 8.41. The number of fused-ring (bicyclic) bond motifs is 7. The molecule has 0 amide bonds. The molecule has 1 heteroatoms. The summed E-state index contributed by atoms with van der Waals surface area (Å²) in [6.07, 6.45) is 14.4. The van der Waals surface area contributed by atoms with Gasteiger partial charge in [0.25, 0.3) is 0 Å². The fraction of sp³-hybridized carbons (Fsp3) is 0.935. The summed E-state index contributed by atoms with van der Waals surface area (Å²) in [5.74, 6) is 2.93. The van der Waals surface area contributed by atoms with Crippen LogP contribution >= 0.6 is 0 Å². The Kier molecular flexibility index (Phi) is 4.89. The third-order valence-corrected chi connectivity index (χ3v) is 13.9. The van der Waals surface area contributed by atoms with E-state index < -0.39 is 0 Å². The fourth-order valence-corrected chi connectivity index (χ4v) is 10.9. The Morgan fingerprint density at radius 1 is 0.781 bits per heavy atom. The molecule has 4 fully saturated rings. The zero-order chi connectivity index (χ0) is 23.5. The number of hydrogen-bond acceptors (Lipinski definition) is 1. The molecular weight excluding hydrogens is 388 g/mol. The van der Waals surface area contributed by atoms with Gasteiger partial charge in [-0.25, -0.2) is 0 Å². The molecule has 0 spiro atoms. The first-order chi connectivity index (χ1) is 14.6. The van der Waals surface area contributed by atoms with Crippen molar-refractivity contribution in [3.8, 4) is 0 Å². The van der Waals surface area contributed by atoms with Crippen molar-refractivity contribution in [2.24, 2.45) is 56.2 Å². The molecule has 1 N–H and O–H groups in total. The molecule has 0 aromatic rings. The fourth-order valence-electron chi connectivity index (χ4n) is 10.9. The normalized spacial score (nSPS) is 56.2. The van der Waals surface area contributed by atoms with Crippen LogP contribution in [-0.2, 0) is 0 Å². The lowest BCUT2D eigenvalue weighted by molar-refractivity contribution is -0.204. The minimum Gasteiger partial charge on any atom is -0.393 e. The first-order valence-electron chi connectivity index (χ1n) is 14.0. The zero-order valence-corrected chi connectivity index (χ0v) is 22.8. The Morgan fingerprint density at radius 2 is 1.44 bits per heavy atom. The summed E-state index contributed by atoms with van der Waals surface area (Å²) >= 11 is 0. The van der Waals surface area contributed by atoms with Crippen LogP contribution in [0.25, 0.3) is 0 Å². The van der Waals surface area contributed by atoms with E-state index in [1.54, 1.807) is 0 Å². The molecule has 0 unspecified atom stereocenters. The molecule has 0 aromatic heterocycles. The number of aliphatic hydroxyl groups is 1. The maximum atomic E-state index is 10.9. The molecule has 0 aromatic carbocycles. The SMILES string of the molecule is C[C@@H]1[C@H]2C3=CC[C@@H]4[C@@]5(C)CC[C@H](O)C(C)(C)[C@@H]5CC[C@@]4(C)[C@]3(C)CC[C@@]2(C)CCC1(C)C. The predicted molar refractivity (Wildman–Crippen MR) is 135 cm³/mol. The summed E-state index contributed by atoms with van der Waals surface area (Å²) in [6.45, 7) is 23.1. The van der Waals surface area contributed by atoms with Crippen LogP contribution < -0.4 is 0 Å². The lowest BCUT2D eigenvalue weighted by Gasteiger charge is -2.72. The minimum absolute atomic E-state index is 0.0479. The maximum Gasteiger partial charge on any atom is 0.0594 e. The average Bonchev–Trinajstić information content (AvgIpc) is 2.70. The highest BCUT2D eigenvalue weighted by Gasteiger charge is 2.68. The van der Waals surface area contributed by atoms with Gasteiger partial charge in [-0.05, 0) is 114 Å². The van der Waals surface area contributed by atoms with Crippen LogP contribution in [0.5, 0.6) is 0 Å². The van der Waals surface area contributed by atoms with Crippen LogP contribution in [0, 0.1) is 56.2 Å². The van der Waals surface area contributed by atoms with E-state index in [1.807, 2.05) is 5.57 Å². The second kappa shape index (κ2) is 6.67. The van der Waals surface area contributed by atoms with Crippen LogP contribution in [0.4, 0.5) is 0 Å². The van der Waals surface area contributed by atoms with Crippen molar-refractivity contribution in [3.05, 3.63) is 11.6 Å². The monoisotopic (exact) mass is 440 g/mol. The van der Waals surface area contributed by atoms with E-state index in [9.17, 15) is 5.11 Å². The van der Waals surface area contributed by atoms with E-state index in [1.165, 1.54) is 51.4 Å². The van der Waals surface area contributed by atoms with Gasteiger partial charge in [0.2, 0.25) is 0 Å². The lowest BCUT2D eigenvalue weighted by Crippen LogP contribution is -2.65. The zero-order valence-electron chi connectivity index (χ0n) is 22.8. The van der Waals surface area contributed by atoms with Gasteiger partial charge in [-0.3, -0.25) is 0 Å². The molecule has 0 aliphatic heterocycles. The van der Waals surface area contributed by atoms with Crippen molar-refractivity contribution in [1.29, 1.82) is 0 Å². The van der Waals surface area contributed by atoms with E-state index in [0.717, 1.165) is 24.2 Å². The van der Waals surface area contributed by atoms with Gasteiger partial charge in [-0.2, -0.15) is 0 Å². The molecular formula is C31H52O. The third-order valence-electron chi connectivity index (χ3n) is 13.9. The van der Waals surface area contributed by atoms with Gasteiger partial charge in [0.15, 0.2) is 0 Å². The van der Waals surface area contributed by atoms with E-state index in [0.29, 0.717) is 33.0 Å². The Morgan fingerprint density at radius 3 is 2.12 bits per heavy atom. The molecule has 5 aliphatic rings. The van der Waals surface area contributed by atoms with Gasteiger partial charge in [-0.1, -0.05) is 74.0 Å². The summed E-state index contributed by atoms with van der Waals surface area (Å²) in [5, 5.41) is 10.9. The van der Waals surface area contributed by atoms with Gasteiger partial charge in [0.05, 0.1) is 6.10 Å². The summed E-state index contributed by atoms with van der Waals surface area (Å²) in [5.41, 5.74) is 3.97. The molecule has 0 saturated heterocycles. The van der Waals surface area contributed by atoms with Crippen molar-refractivity contribution >= 4 is 0 Å². The second-order valence-corrected chi connectivity index (χ2v) is 15.6. The van der Waals surface area contributed by atoms with Crippen LogP contribution in [0.2, 0.25) is 0 Å². The summed E-state index contributed by atoms with van der Waals surface area (Å²) in [7, 11) is 0. The van der Waals surface area contributed by atoms with Crippen molar-refractivity contribution in [3.63, 3.8) is 0 Å². The average molecular weight is 441 g/mol. The van der Waals surface area contributed by atoms with Gasteiger partial charge < -0.3 is 5.11 Å². The lowest BCUT2D eigenvalue weighted by atomic mass is 9.33. The number of aliphatic hydroxyl groups excluding tert-OH is 1. The maximum absolute atomic E-state index is 10.9. The van der Waals surface area contributed by atoms with Gasteiger partial charge in [0.1, 0.15) is 0 Å². The quantitative estimate of drug-likeness (QED) is 0.375. The summed E-state index contributed by atoms with van der Waals surface area (Å²) in [4.78, 5) is 0. The topological polar surface area (TPSA) is 20.2 Å². The number of allylic oxidation sites excluding steroid dienone is 2. The van der Waals surface area contributed by atoms with Crippen molar-refractivity contribution in [2.75, 3.05) is 0 Å². The summed E-state index contributed by atoms with van der Waals surface area (Å²) in [6, 6.07) is 0. The Balaban J connectivity index is 1.60. The molecule has 0 heterocycles. The molecule has 5 rings (SSSR count). The van der Waals surface area contributed by atoms with E-state index >= 15 is 0 Å². The molecule has 1 nitrogen and oxygen atoms in total. The van der Waals surface area contributed by atoms with E-state index in [4.69, 9.17) is 0 Å². The minimum atomic E-state index is -0.129. The highest BCUT2D eigenvalue weighted by atomic mass is 16.3. The highest BCUT2D eigenvalue weighted by molar-refractivity contribution is 5.34. The number of rotatable bonds is 0. The highest BCUT2D eigenvalue weighted by Crippen LogP contribution is 2.76. The smallest absolute Gasteiger partial charge is 0.0594 e. The molecule has 0 radical (unpaired) electrons. The molecule has 182 valence electrons. The van der Waals surface area contributed by atoms with Crippen LogP contribution in [0.15, 0.2) is 11.6 Å². The first-order valence-corrected chi connectivity index (χ1v) is 14.0. The molecule has 0 bridgehead atoms. The first kappa shape index (κ1) is 23.4. The van der Waals surface area contributed by atoms with Crippen molar-refractivity contribution in [2.45, 2.75) is 126 Å². The van der Waals surface area contributed by atoms with Crippen LogP contribution in [0.1, 0.15) is 120 Å². The van der Waals surface area contributed by atoms with Crippen molar-refractivity contribution in [1.82, 2.24) is 0 Å². The van der Waals surface area contributed by atoms with E-state index in [2.05, 4.69) is 68.4 Å². The molecule has 9 atom stereocenters. The standard InChI is InChI=1S/C31H52O/c1-20-25-21-10-11-23-29(7)14-13-24(32)27(4,5)22(29)12-15-31(23,9)30(21,8)19-18-28(25,6)17-16-26(20,2)3/h10,20,22-25,32H,11-19H2,1-9H3/t20-,22+,23-,24+,25+,28-,29+,30-,31-/m1/s1. The largest absolute Gasteiger partial charge is 0.393 e. The van der Waals surface area contributed by atoms with E-state index in [-0.39, 0.29) is 11.5 Å². The molecule has 32 heavy (non-hydrogen) atoms. The van der Waals surface area contributed by atoms with Crippen LogP contribution in [-0.4, -0.2) is 11.2 Å².